The number of likely N-dealkylation sites (N-methyl/N-ethyl adjacent to an activating group) is 1. The van der Waals surface area contributed by atoms with Crippen molar-refractivity contribution in [1.82, 2.24) is 9.80 Å². The lowest BCUT2D eigenvalue weighted by atomic mass is 9.95. The molecule has 1 aliphatic heterocycles. The Kier molecular flexibility index (Phi) is 5.37. The summed E-state index contributed by atoms with van der Waals surface area (Å²) in [4.78, 5) is 28.7. The molecule has 1 heterocycles. The van der Waals surface area contributed by atoms with Gasteiger partial charge in [0.25, 0.3) is 11.7 Å². The zero-order valence-electron chi connectivity index (χ0n) is 15.2. The van der Waals surface area contributed by atoms with Gasteiger partial charge in [-0.3, -0.25) is 9.59 Å². The molecule has 1 fully saturated rings. The minimum absolute atomic E-state index is 0.0180. The third-order valence-electron chi connectivity index (χ3n) is 4.54. The molecule has 0 spiro atoms. The summed E-state index contributed by atoms with van der Waals surface area (Å²) >= 11 is 0. The number of benzene rings is 2. The highest BCUT2D eigenvalue weighted by molar-refractivity contribution is 6.46. The average Bonchev–Trinajstić information content (AvgIpc) is 2.91. The van der Waals surface area contributed by atoms with E-state index >= 15 is 0 Å². The molecular weight excluding hydrogens is 347 g/mol. The van der Waals surface area contributed by atoms with Crippen LogP contribution in [0.2, 0.25) is 0 Å². The fourth-order valence-corrected chi connectivity index (χ4v) is 3.19. The van der Waals surface area contributed by atoms with Crippen LogP contribution in [0.3, 0.4) is 0 Å². The van der Waals surface area contributed by atoms with E-state index in [1.54, 1.807) is 36.4 Å². The van der Waals surface area contributed by atoms with E-state index in [4.69, 9.17) is 0 Å². The number of aliphatic hydroxyl groups is 1. The summed E-state index contributed by atoms with van der Waals surface area (Å²) in [6.07, 6.45) is 0. The van der Waals surface area contributed by atoms with Crippen LogP contribution in [-0.4, -0.2) is 53.8 Å². The summed E-state index contributed by atoms with van der Waals surface area (Å²) < 4.78 is 13.8. The topological polar surface area (TPSA) is 60.9 Å². The van der Waals surface area contributed by atoms with Gasteiger partial charge >= 0.3 is 0 Å². The number of carbonyl (C=O) groups is 2. The molecule has 1 aliphatic rings. The molecule has 1 saturated heterocycles. The van der Waals surface area contributed by atoms with Crippen LogP contribution in [0, 0.1) is 5.82 Å². The van der Waals surface area contributed by atoms with Gasteiger partial charge in [0.1, 0.15) is 11.6 Å². The first-order valence-electron chi connectivity index (χ1n) is 8.64. The lowest BCUT2D eigenvalue weighted by Crippen LogP contribution is -2.35. The van der Waals surface area contributed by atoms with Crippen molar-refractivity contribution < 1.29 is 19.1 Å². The minimum Gasteiger partial charge on any atom is -0.507 e. The summed E-state index contributed by atoms with van der Waals surface area (Å²) in [5.41, 5.74) is 0.866. The van der Waals surface area contributed by atoms with Crippen LogP contribution in [0.4, 0.5) is 4.39 Å². The summed E-state index contributed by atoms with van der Waals surface area (Å²) in [5.74, 6) is -2.17. The molecule has 0 aromatic heterocycles. The van der Waals surface area contributed by atoms with Crippen molar-refractivity contribution in [2.24, 2.45) is 0 Å². The van der Waals surface area contributed by atoms with Gasteiger partial charge in [0.2, 0.25) is 0 Å². The molecule has 0 unspecified atom stereocenters. The molecule has 0 radical (unpaired) electrons. The van der Waals surface area contributed by atoms with Gasteiger partial charge in [-0.2, -0.15) is 0 Å². The van der Waals surface area contributed by atoms with E-state index in [0.717, 1.165) is 0 Å². The Morgan fingerprint density at radius 2 is 1.81 bits per heavy atom. The number of amides is 1. The van der Waals surface area contributed by atoms with Gasteiger partial charge in [-0.05, 0) is 31.8 Å². The van der Waals surface area contributed by atoms with E-state index < -0.39 is 23.5 Å². The number of likely N-dealkylation sites (tertiary alicyclic amines) is 1. The van der Waals surface area contributed by atoms with Crippen molar-refractivity contribution in [3.05, 3.63) is 77.1 Å². The van der Waals surface area contributed by atoms with E-state index in [1.165, 1.54) is 23.1 Å². The summed E-state index contributed by atoms with van der Waals surface area (Å²) in [5, 5.41) is 10.8. The van der Waals surface area contributed by atoms with Gasteiger partial charge in [0.15, 0.2) is 0 Å². The first kappa shape index (κ1) is 18.8. The standard InChI is InChI=1S/C21H21FN2O3/c1-23(2)11-12-24-18(15-9-6-10-16(22)13-15)17(20(26)21(24)27)19(25)14-7-4-3-5-8-14/h3-10,13,18,25H,11-12H2,1-2H3/t18-/m1/s1. The van der Waals surface area contributed by atoms with Crippen LogP contribution in [0.5, 0.6) is 0 Å². The summed E-state index contributed by atoms with van der Waals surface area (Å²) in [6.45, 7) is 0.814. The predicted molar refractivity (Wildman–Crippen MR) is 100 cm³/mol. The number of Topliss-reactive ketones (excluding diaryl/α,β-unsaturated/α-hetero) is 1. The smallest absolute Gasteiger partial charge is 0.295 e. The van der Waals surface area contributed by atoms with Gasteiger partial charge in [0, 0.05) is 18.7 Å². The lowest BCUT2D eigenvalue weighted by Gasteiger charge is -2.26. The van der Waals surface area contributed by atoms with Crippen molar-refractivity contribution in [3.8, 4) is 0 Å². The summed E-state index contributed by atoms with van der Waals surface area (Å²) in [6, 6.07) is 13.5. The largest absolute Gasteiger partial charge is 0.507 e. The molecular formula is C21H21FN2O3. The van der Waals surface area contributed by atoms with E-state index in [2.05, 4.69) is 0 Å². The van der Waals surface area contributed by atoms with Crippen molar-refractivity contribution in [2.75, 3.05) is 27.2 Å². The maximum atomic E-state index is 13.8. The van der Waals surface area contributed by atoms with Gasteiger partial charge < -0.3 is 14.9 Å². The van der Waals surface area contributed by atoms with Crippen LogP contribution in [0.25, 0.3) is 5.76 Å². The molecule has 1 atom stereocenters. The number of halogens is 1. The number of carbonyl (C=O) groups excluding carboxylic acids is 2. The Hall–Kier alpha value is -2.99. The maximum absolute atomic E-state index is 13.8. The highest BCUT2D eigenvalue weighted by Gasteiger charge is 2.45. The predicted octanol–water partition coefficient (Wildman–Crippen LogP) is 2.81. The van der Waals surface area contributed by atoms with Crippen molar-refractivity contribution in [1.29, 1.82) is 0 Å². The number of nitrogens with zero attached hydrogens (tertiary/aromatic N) is 2. The highest BCUT2D eigenvalue weighted by atomic mass is 19.1. The molecule has 2 aromatic rings. The Labute approximate surface area is 157 Å². The molecule has 2 aromatic carbocycles. The van der Waals surface area contributed by atoms with Crippen LogP contribution in [0.1, 0.15) is 17.2 Å². The Morgan fingerprint density at radius 1 is 1.11 bits per heavy atom. The van der Waals surface area contributed by atoms with E-state index in [1.807, 2.05) is 19.0 Å². The molecule has 0 bridgehead atoms. The number of rotatable bonds is 5. The molecule has 0 aliphatic carbocycles. The molecule has 6 heteroatoms. The second kappa shape index (κ2) is 7.72. The van der Waals surface area contributed by atoms with E-state index in [0.29, 0.717) is 17.7 Å². The molecule has 1 amide bonds. The number of aliphatic hydroxyl groups excluding tert-OH is 1. The molecule has 3 rings (SSSR count). The van der Waals surface area contributed by atoms with Crippen molar-refractivity contribution in [3.63, 3.8) is 0 Å². The SMILES string of the molecule is CN(C)CCN1C(=O)C(=O)C(=C(O)c2ccccc2)[C@H]1c1cccc(F)c1. The molecule has 1 N–H and O–H groups in total. The third-order valence-corrected chi connectivity index (χ3v) is 4.54. The maximum Gasteiger partial charge on any atom is 0.295 e. The van der Waals surface area contributed by atoms with E-state index in [-0.39, 0.29) is 17.9 Å². The Bertz CT molecular complexity index is 893. The molecule has 0 saturated carbocycles. The zero-order valence-corrected chi connectivity index (χ0v) is 15.2. The second-order valence-electron chi connectivity index (χ2n) is 6.72. The lowest BCUT2D eigenvalue weighted by molar-refractivity contribution is -0.140. The van der Waals surface area contributed by atoms with E-state index in [9.17, 15) is 19.1 Å². The molecule has 5 nitrogen and oxygen atoms in total. The quantitative estimate of drug-likeness (QED) is 0.501. The van der Waals surface area contributed by atoms with Crippen molar-refractivity contribution >= 4 is 17.4 Å². The van der Waals surface area contributed by atoms with Crippen molar-refractivity contribution in [2.45, 2.75) is 6.04 Å². The van der Waals surface area contributed by atoms with Crippen LogP contribution in [-0.2, 0) is 9.59 Å². The monoisotopic (exact) mass is 368 g/mol. The third kappa shape index (κ3) is 3.75. The first-order valence-corrected chi connectivity index (χ1v) is 8.64. The minimum atomic E-state index is -0.833. The number of hydrogen-bond donors (Lipinski definition) is 1. The van der Waals surface area contributed by atoms with Crippen LogP contribution < -0.4 is 0 Å². The normalized spacial score (nSPS) is 19.1. The summed E-state index contributed by atoms with van der Waals surface area (Å²) in [7, 11) is 3.72. The second-order valence-corrected chi connectivity index (χ2v) is 6.72. The Morgan fingerprint density at radius 3 is 2.44 bits per heavy atom. The zero-order chi connectivity index (χ0) is 19.6. The molecule has 27 heavy (non-hydrogen) atoms. The first-order chi connectivity index (χ1) is 12.9. The average molecular weight is 368 g/mol. The van der Waals surface area contributed by atoms with Crippen LogP contribution >= 0.6 is 0 Å². The fraction of sp³-hybridized carbons (Fsp3) is 0.238. The number of hydrogen-bond acceptors (Lipinski definition) is 4. The van der Waals surface area contributed by atoms with Crippen LogP contribution in [0.15, 0.2) is 60.2 Å². The molecule has 140 valence electrons. The highest BCUT2D eigenvalue weighted by Crippen LogP contribution is 2.39. The van der Waals surface area contributed by atoms with Gasteiger partial charge in [-0.15, -0.1) is 0 Å². The number of ketones is 1. The fourth-order valence-electron chi connectivity index (χ4n) is 3.19. The van der Waals surface area contributed by atoms with Gasteiger partial charge in [-0.1, -0.05) is 42.5 Å². The van der Waals surface area contributed by atoms with Gasteiger partial charge in [0.05, 0.1) is 11.6 Å². The Balaban J connectivity index is 2.15. The van der Waals surface area contributed by atoms with Gasteiger partial charge in [-0.25, -0.2) is 4.39 Å².